The Balaban J connectivity index is 3.07. The number of hydrogen-bond donors (Lipinski definition) is 0. The van der Waals surface area contributed by atoms with Crippen LogP contribution in [0.25, 0.3) is 0 Å². The maximum absolute atomic E-state index is 11.7. The molecule has 0 aliphatic carbocycles. The summed E-state index contributed by atoms with van der Waals surface area (Å²) >= 11 is 0. The lowest BCUT2D eigenvalue weighted by molar-refractivity contribution is -0.119. The fourth-order valence-corrected chi connectivity index (χ4v) is 2.15. The highest BCUT2D eigenvalue weighted by atomic mass is 16.5. The first-order valence-corrected chi connectivity index (χ1v) is 6.84. The summed E-state index contributed by atoms with van der Waals surface area (Å²) in [5.41, 5.74) is -0.561. The van der Waals surface area contributed by atoms with Crippen molar-refractivity contribution < 1.29 is 14.1 Å². The van der Waals surface area contributed by atoms with Gasteiger partial charge >= 0.3 is 0 Å². The van der Waals surface area contributed by atoms with Gasteiger partial charge in [-0.3, -0.25) is 4.79 Å². The van der Waals surface area contributed by atoms with Crippen LogP contribution in [0, 0.1) is 5.92 Å². The lowest BCUT2D eigenvalue weighted by atomic mass is 9.92. The summed E-state index contributed by atoms with van der Waals surface area (Å²) in [5.74, 6) is 0.727. The third-order valence-electron chi connectivity index (χ3n) is 3.42. The number of hydrogen-bond acceptors (Lipinski definition) is 5. The Bertz CT molecular complexity index is 428. The molecule has 108 valence electrons. The number of carbonyl (C=O) groups excluding carboxylic acids is 1. The highest BCUT2D eigenvalue weighted by Gasteiger charge is 2.34. The zero-order valence-corrected chi connectivity index (χ0v) is 12.7. The summed E-state index contributed by atoms with van der Waals surface area (Å²) in [6.45, 7) is 11.9. The van der Waals surface area contributed by atoms with Crippen LogP contribution in [0.4, 0.5) is 0 Å². The van der Waals surface area contributed by atoms with Gasteiger partial charge in [-0.2, -0.15) is 4.98 Å². The van der Waals surface area contributed by atoms with E-state index in [1.165, 1.54) is 0 Å². The SMILES string of the molecule is CCOC(C)(CC)c1noc(C(C(C)=O)C(C)C)n1. The Morgan fingerprint density at radius 3 is 2.47 bits per heavy atom. The highest BCUT2D eigenvalue weighted by Crippen LogP contribution is 2.30. The van der Waals surface area contributed by atoms with Crippen LogP contribution in [-0.4, -0.2) is 22.5 Å². The van der Waals surface area contributed by atoms with E-state index in [4.69, 9.17) is 9.26 Å². The molecule has 2 atom stereocenters. The van der Waals surface area contributed by atoms with Crippen molar-refractivity contribution in [2.75, 3.05) is 6.61 Å². The van der Waals surface area contributed by atoms with E-state index in [1.807, 2.05) is 34.6 Å². The molecule has 1 rings (SSSR count). The molecule has 0 aliphatic rings. The zero-order chi connectivity index (χ0) is 14.6. The third-order valence-corrected chi connectivity index (χ3v) is 3.42. The average molecular weight is 268 g/mol. The van der Waals surface area contributed by atoms with Crippen LogP contribution >= 0.6 is 0 Å². The van der Waals surface area contributed by atoms with Crippen molar-refractivity contribution in [3.63, 3.8) is 0 Å². The fourth-order valence-electron chi connectivity index (χ4n) is 2.15. The Morgan fingerprint density at radius 2 is 2.05 bits per heavy atom. The Labute approximate surface area is 114 Å². The first kappa shape index (κ1) is 15.8. The monoisotopic (exact) mass is 268 g/mol. The molecule has 5 heteroatoms. The lowest BCUT2D eigenvalue weighted by Crippen LogP contribution is -2.27. The number of ketones is 1. The van der Waals surface area contributed by atoms with E-state index < -0.39 is 5.60 Å². The molecule has 5 nitrogen and oxygen atoms in total. The van der Waals surface area contributed by atoms with Gasteiger partial charge in [0.25, 0.3) is 0 Å². The van der Waals surface area contributed by atoms with Crippen molar-refractivity contribution in [1.29, 1.82) is 0 Å². The predicted octanol–water partition coefficient (Wildman–Crippen LogP) is 3.06. The fraction of sp³-hybridized carbons (Fsp3) is 0.786. The molecule has 0 radical (unpaired) electrons. The highest BCUT2D eigenvalue weighted by molar-refractivity contribution is 5.82. The standard InChI is InChI=1S/C14H24N2O3/c1-7-14(6,18-8-2)13-15-12(19-16-13)11(9(3)4)10(5)17/h9,11H,7-8H2,1-6H3. The van der Waals surface area contributed by atoms with Crippen LogP contribution in [0.15, 0.2) is 4.52 Å². The molecule has 0 amide bonds. The zero-order valence-electron chi connectivity index (χ0n) is 12.7. The van der Waals surface area contributed by atoms with Gasteiger partial charge in [0.15, 0.2) is 0 Å². The topological polar surface area (TPSA) is 65.2 Å². The van der Waals surface area contributed by atoms with E-state index in [-0.39, 0.29) is 17.6 Å². The predicted molar refractivity (Wildman–Crippen MR) is 71.8 cm³/mol. The van der Waals surface area contributed by atoms with Crippen molar-refractivity contribution >= 4 is 5.78 Å². The van der Waals surface area contributed by atoms with Gasteiger partial charge in [-0.05, 0) is 33.1 Å². The second kappa shape index (κ2) is 6.28. The lowest BCUT2D eigenvalue weighted by Gasteiger charge is -2.24. The normalized spacial score (nSPS) is 16.4. The summed E-state index contributed by atoms with van der Waals surface area (Å²) in [6.07, 6.45) is 0.742. The molecular formula is C14H24N2O3. The quantitative estimate of drug-likeness (QED) is 0.760. The molecule has 1 aromatic heterocycles. The van der Waals surface area contributed by atoms with Crippen molar-refractivity contribution in [3.8, 4) is 0 Å². The van der Waals surface area contributed by atoms with Gasteiger partial charge in [-0.25, -0.2) is 0 Å². The number of rotatable bonds is 7. The molecule has 0 fully saturated rings. The first-order chi connectivity index (χ1) is 8.85. The molecule has 0 aromatic carbocycles. The molecule has 1 heterocycles. The summed E-state index contributed by atoms with van der Waals surface area (Å²) in [5, 5.41) is 4.00. The van der Waals surface area contributed by atoms with E-state index in [1.54, 1.807) is 6.92 Å². The van der Waals surface area contributed by atoms with Crippen LogP contribution in [0.5, 0.6) is 0 Å². The molecule has 0 spiro atoms. The van der Waals surface area contributed by atoms with Crippen molar-refractivity contribution in [1.82, 2.24) is 10.1 Å². The molecule has 1 aromatic rings. The van der Waals surface area contributed by atoms with Crippen LogP contribution < -0.4 is 0 Å². The van der Waals surface area contributed by atoms with E-state index in [9.17, 15) is 4.79 Å². The van der Waals surface area contributed by atoms with Crippen molar-refractivity contribution in [2.45, 2.75) is 59.5 Å². The molecule has 19 heavy (non-hydrogen) atoms. The maximum Gasteiger partial charge on any atom is 0.237 e. The van der Waals surface area contributed by atoms with Crippen molar-refractivity contribution in [3.05, 3.63) is 11.7 Å². The van der Waals surface area contributed by atoms with E-state index in [0.717, 1.165) is 6.42 Å². The van der Waals surface area contributed by atoms with Gasteiger partial charge in [-0.15, -0.1) is 0 Å². The summed E-state index contributed by atoms with van der Waals surface area (Å²) in [7, 11) is 0. The summed E-state index contributed by atoms with van der Waals surface area (Å²) < 4.78 is 11.0. The number of nitrogens with zero attached hydrogens (tertiary/aromatic N) is 2. The summed E-state index contributed by atoms with van der Waals surface area (Å²) in [6, 6.07) is 0. The molecule has 0 saturated heterocycles. The van der Waals surface area contributed by atoms with Gasteiger partial charge in [0.1, 0.15) is 11.4 Å². The average Bonchev–Trinajstić information content (AvgIpc) is 2.78. The van der Waals surface area contributed by atoms with Gasteiger partial charge < -0.3 is 9.26 Å². The van der Waals surface area contributed by atoms with E-state index >= 15 is 0 Å². The minimum absolute atomic E-state index is 0.0415. The van der Waals surface area contributed by atoms with E-state index in [2.05, 4.69) is 10.1 Å². The molecule has 0 bridgehead atoms. The second-order valence-corrected chi connectivity index (χ2v) is 5.31. The Kier molecular flexibility index (Phi) is 5.23. The van der Waals surface area contributed by atoms with Crippen molar-refractivity contribution in [2.24, 2.45) is 5.92 Å². The van der Waals surface area contributed by atoms with Crippen LogP contribution in [-0.2, 0) is 15.1 Å². The van der Waals surface area contributed by atoms with Crippen LogP contribution in [0.1, 0.15) is 65.6 Å². The number of Topliss-reactive ketones (excluding diaryl/α,β-unsaturated/α-hetero) is 1. The summed E-state index contributed by atoms with van der Waals surface area (Å²) in [4.78, 5) is 16.1. The number of aromatic nitrogens is 2. The Hall–Kier alpha value is -1.23. The minimum atomic E-state index is -0.561. The van der Waals surface area contributed by atoms with Crippen LogP contribution in [0.2, 0.25) is 0 Å². The Morgan fingerprint density at radius 1 is 1.42 bits per heavy atom. The largest absolute Gasteiger partial charge is 0.367 e. The smallest absolute Gasteiger partial charge is 0.237 e. The van der Waals surface area contributed by atoms with Gasteiger partial charge in [0, 0.05) is 6.61 Å². The molecule has 0 saturated carbocycles. The minimum Gasteiger partial charge on any atom is -0.367 e. The van der Waals surface area contributed by atoms with Gasteiger partial charge in [0.05, 0.1) is 5.92 Å². The second-order valence-electron chi connectivity index (χ2n) is 5.31. The number of ether oxygens (including phenoxy) is 1. The maximum atomic E-state index is 11.7. The van der Waals surface area contributed by atoms with Gasteiger partial charge in [0.2, 0.25) is 11.7 Å². The van der Waals surface area contributed by atoms with Crippen LogP contribution in [0.3, 0.4) is 0 Å². The van der Waals surface area contributed by atoms with E-state index in [0.29, 0.717) is 18.3 Å². The molecule has 0 N–H and O–H groups in total. The molecular weight excluding hydrogens is 244 g/mol. The first-order valence-electron chi connectivity index (χ1n) is 6.84. The molecule has 2 unspecified atom stereocenters. The molecule has 0 aliphatic heterocycles. The third kappa shape index (κ3) is 3.41. The number of carbonyl (C=O) groups is 1. The van der Waals surface area contributed by atoms with Gasteiger partial charge in [-0.1, -0.05) is 25.9 Å².